The SMILES string of the molecule is O=C(Nc1cc(-c2c(-c3ccccn3)c3nc(F)ccc3n2OC[C@@H]2COCCO2)ccn1)[C@H](CC(F)F)c1ccc(F)cc1. The number of pyridine rings is 3. The Morgan fingerprint density at radius 1 is 1.02 bits per heavy atom. The Bertz CT molecular complexity index is 1780. The molecule has 0 radical (unpaired) electrons. The maximum atomic E-state index is 14.5. The van der Waals surface area contributed by atoms with E-state index in [1.807, 2.05) is 0 Å². The summed E-state index contributed by atoms with van der Waals surface area (Å²) >= 11 is 0. The molecule has 232 valence electrons. The number of rotatable bonds is 10. The molecule has 0 saturated carbocycles. The number of nitrogens with zero attached hydrogens (tertiary/aromatic N) is 4. The second-order valence-corrected chi connectivity index (χ2v) is 10.2. The number of anilines is 1. The Labute approximate surface area is 254 Å². The molecular weight excluding hydrogens is 594 g/mol. The first-order valence-electron chi connectivity index (χ1n) is 14.1. The van der Waals surface area contributed by atoms with Crippen molar-refractivity contribution in [1.82, 2.24) is 19.7 Å². The first kappa shape index (κ1) is 30.2. The van der Waals surface area contributed by atoms with Crippen molar-refractivity contribution < 1.29 is 36.7 Å². The number of alkyl halides is 2. The van der Waals surface area contributed by atoms with Gasteiger partial charge in [-0.1, -0.05) is 18.2 Å². The smallest absolute Gasteiger partial charge is 0.239 e. The van der Waals surface area contributed by atoms with Gasteiger partial charge in [0.15, 0.2) is 0 Å². The maximum Gasteiger partial charge on any atom is 0.239 e. The van der Waals surface area contributed by atoms with Crippen LogP contribution in [0.3, 0.4) is 0 Å². The molecule has 45 heavy (non-hydrogen) atoms. The predicted octanol–water partition coefficient (Wildman–Crippen LogP) is 5.66. The van der Waals surface area contributed by atoms with E-state index < -0.39 is 36.4 Å². The molecular formula is C32H27F4N5O4. The van der Waals surface area contributed by atoms with Crippen LogP contribution in [0.2, 0.25) is 0 Å². The number of nitrogens with one attached hydrogen (secondary N) is 1. The number of aromatic nitrogens is 4. The number of benzene rings is 1. The fourth-order valence-electron chi connectivity index (χ4n) is 5.18. The Morgan fingerprint density at radius 3 is 2.60 bits per heavy atom. The zero-order chi connectivity index (χ0) is 31.3. The van der Waals surface area contributed by atoms with Gasteiger partial charge in [0.05, 0.1) is 42.7 Å². The number of carbonyl (C=O) groups excluding carboxylic acids is 1. The van der Waals surface area contributed by atoms with E-state index in [0.717, 1.165) is 12.1 Å². The lowest BCUT2D eigenvalue weighted by Crippen LogP contribution is -2.35. The summed E-state index contributed by atoms with van der Waals surface area (Å²) in [5.74, 6) is -3.21. The number of amides is 1. The Morgan fingerprint density at radius 2 is 1.87 bits per heavy atom. The molecule has 4 aromatic heterocycles. The minimum absolute atomic E-state index is 0.0609. The van der Waals surface area contributed by atoms with Gasteiger partial charge < -0.3 is 19.6 Å². The van der Waals surface area contributed by atoms with Gasteiger partial charge in [-0.25, -0.2) is 23.1 Å². The summed E-state index contributed by atoms with van der Waals surface area (Å²) in [7, 11) is 0. The minimum Gasteiger partial charge on any atom is -0.410 e. The maximum absolute atomic E-state index is 14.5. The van der Waals surface area contributed by atoms with Gasteiger partial charge in [-0.05, 0) is 54.1 Å². The van der Waals surface area contributed by atoms with Gasteiger partial charge in [0.25, 0.3) is 0 Å². The molecule has 1 aliphatic rings. The monoisotopic (exact) mass is 621 g/mol. The molecule has 1 amide bonds. The third-order valence-corrected chi connectivity index (χ3v) is 7.22. The zero-order valence-electron chi connectivity index (χ0n) is 23.7. The molecule has 1 saturated heterocycles. The molecule has 0 aliphatic carbocycles. The molecule has 6 rings (SSSR count). The van der Waals surface area contributed by atoms with Crippen molar-refractivity contribution in [1.29, 1.82) is 0 Å². The van der Waals surface area contributed by atoms with E-state index in [2.05, 4.69) is 20.3 Å². The highest BCUT2D eigenvalue weighted by molar-refractivity contribution is 6.02. The molecule has 5 heterocycles. The molecule has 9 nitrogen and oxygen atoms in total. The molecule has 0 unspecified atom stereocenters. The Balaban J connectivity index is 1.42. The highest BCUT2D eigenvalue weighted by Gasteiger charge is 2.28. The van der Waals surface area contributed by atoms with Gasteiger partial charge in [-0.15, -0.1) is 0 Å². The first-order valence-corrected chi connectivity index (χ1v) is 14.1. The predicted molar refractivity (Wildman–Crippen MR) is 157 cm³/mol. The van der Waals surface area contributed by atoms with E-state index >= 15 is 0 Å². The van der Waals surface area contributed by atoms with Crippen LogP contribution in [0.25, 0.3) is 33.5 Å². The summed E-state index contributed by atoms with van der Waals surface area (Å²) in [5.41, 5.74) is 2.80. The molecule has 2 atom stereocenters. The van der Waals surface area contributed by atoms with Gasteiger partial charge >= 0.3 is 0 Å². The molecule has 1 aromatic carbocycles. The third-order valence-electron chi connectivity index (χ3n) is 7.22. The normalized spacial score (nSPS) is 15.7. The van der Waals surface area contributed by atoms with Crippen molar-refractivity contribution in [3.05, 3.63) is 96.5 Å². The number of ether oxygens (including phenoxy) is 2. The van der Waals surface area contributed by atoms with Crippen molar-refractivity contribution >= 4 is 22.8 Å². The number of hydrogen-bond donors (Lipinski definition) is 1. The van der Waals surface area contributed by atoms with Crippen LogP contribution in [0, 0.1) is 11.8 Å². The van der Waals surface area contributed by atoms with E-state index in [-0.39, 0.29) is 29.6 Å². The Kier molecular flexibility index (Phi) is 8.98. The van der Waals surface area contributed by atoms with E-state index in [0.29, 0.717) is 47.9 Å². The van der Waals surface area contributed by atoms with Crippen LogP contribution in [-0.2, 0) is 14.3 Å². The summed E-state index contributed by atoms with van der Waals surface area (Å²) in [6, 6.07) is 16.0. The molecule has 13 heteroatoms. The summed E-state index contributed by atoms with van der Waals surface area (Å²) < 4.78 is 67.7. The standard InChI is InChI=1S/C32H27F4N5O4/c33-21-6-4-19(5-7-21)23(16-26(34)35)32(42)40-28-15-20(10-12-38-28)31-29(24-3-1-2-11-37-24)30-25(8-9-27(36)39-30)41(31)45-18-22-17-43-13-14-44-22/h1-12,15,22-23,26H,13-14,16-18H2,(H,38,40,42)/t22-,23+/m0/s1. The van der Waals surface area contributed by atoms with Crippen LogP contribution in [-0.4, -0.2) is 64.5 Å². The molecule has 1 N–H and O–H groups in total. The van der Waals surface area contributed by atoms with Crippen molar-refractivity contribution in [2.45, 2.75) is 24.9 Å². The van der Waals surface area contributed by atoms with Crippen LogP contribution in [0.1, 0.15) is 17.9 Å². The van der Waals surface area contributed by atoms with Crippen molar-refractivity contribution in [2.75, 3.05) is 31.7 Å². The van der Waals surface area contributed by atoms with E-state index in [1.54, 1.807) is 36.5 Å². The van der Waals surface area contributed by atoms with Gasteiger partial charge in [0.1, 0.15) is 35.4 Å². The van der Waals surface area contributed by atoms with Crippen LogP contribution in [0.5, 0.6) is 0 Å². The van der Waals surface area contributed by atoms with E-state index in [4.69, 9.17) is 14.3 Å². The summed E-state index contributed by atoms with van der Waals surface area (Å²) in [4.78, 5) is 32.4. The van der Waals surface area contributed by atoms with E-state index in [9.17, 15) is 22.4 Å². The summed E-state index contributed by atoms with van der Waals surface area (Å²) in [6.07, 6.45) is -0.896. The van der Waals surface area contributed by atoms with Crippen molar-refractivity contribution in [3.63, 3.8) is 0 Å². The summed E-state index contributed by atoms with van der Waals surface area (Å²) in [5, 5.41) is 2.62. The fourth-order valence-corrected chi connectivity index (χ4v) is 5.18. The van der Waals surface area contributed by atoms with Gasteiger partial charge in [-0.3, -0.25) is 9.78 Å². The number of hydrogen-bond acceptors (Lipinski definition) is 7. The topological polar surface area (TPSA) is 100 Å². The second kappa shape index (κ2) is 13.4. The fraction of sp³-hybridized carbons (Fsp3) is 0.250. The molecule has 1 aliphatic heterocycles. The molecule has 0 spiro atoms. The van der Waals surface area contributed by atoms with Crippen LogP contribution in [0.15, 0.2) is 79.1 Å². The highest BCUT2D eigenvalue weighted by atomic mass is 19.3. The number of carbonyl (C=O) groups is 1. The van der Waals surface area contributed by atoms with Gasteiger partial charge in [0.2, 0.25) is 18.3 Å². The second-order valence-electron chi connectivity index (χ2n) is 10.2. The highest BCUT2D eigenvalue weighted by Crippen LogP contribution is 2.39. The molecule has 0 bridgehead atoms. The molecule has 5 aromatic rings. The quantitative estimate of drug-likeness (QED) is 0.159. The zero-order valence-corrected chi connectivity index (χ0v) is 23.7. The van der Waals surface area contributed by atoms with Gasteiger partial charge in [0, 0.05) is 24.4 Å². The van der Waals surface area contributed by atoms with Gasteiger partial charge in [-0.2, -0.15) is 9.12 Å². The number of halogens is 4. The van der Waals surface area contributed by atoms with Crippen molar-refractivity contribution in [3.8, 4) is 22.5 Å². The molecule has 1 fully saturated rings. The lowest BCUT2D eigenvalue weighted by molar-refractivity contribution is -0.118. The van der Waals surface area contributed by atoms with Crippen LogP contribution >= 0.6 is 0 Å². The van der Waals surface area contributed by atoms with E-state index in [1.165, 1.54) is 35.2 Å². The summed E-state index contributed by atoms with van der Waals surface area (Å²) in [6.45, 7) is 1.31. The Hall–Kier alpha value is -4.88. The first-order chi connectivity index (χ1) is 21.9. The largest absolute Gasteiger partial charge is 0.410 e. The number of fused-ring (bicyclic) bond motifs is 1. The van der Waals surface area contributed by atoms with Crippen LogP contribution in [0.4, 0.5) is 23.4 Å². The minimum atomic E-state index is -2.79. The van der Waals surface area contributed by atoms with Crippen LogP contribution < -0.4 is 10.2 Å². The average molecular weight is 622 g/mol. The lowest BCUT2D eigenvalue weighted by atomic mass is 9.95. The van der Waals surface area contributed by atoms with Crippen molar-refractivity contribution in [2.24, 2.45) is 0 Å². The average Bonchev–Trinajstić information content (AvgIpc) is 3.37. The lowest BCUT2D eigenvalue weighted by Gasteiger charge is -2.24. The third kappa shape index (κ3) is 6.79.